The van der Waals surface area contributed by atoms with Crippen LogP contribution < -0.4 is 10.2 Å². The minimum Gasteiger partial charge on any atom is -0.368 e. The van der Waals surface area contributed by atoms with E-state index in [-0.39, 0.29) is 18.0 Å². The van der Waals surface area contributed by atoms with Gasteiger partial charge in [0, 0.05) is 54.0 Å². The van der Waals surface area contributed by atoms with E-state index < -0.39 is 0 Å². The van der Waals surface area contributed by atoms with Gasteiger partial charge in [0.25, 0.3) is 5.91 Å². The van der Waals surface area contributed by atoms with Gasteiger partial charge in [-0.3, -0.25) is 4.79 Å². The fraction of sp³-hybridized carbons (Fsp3) is 0.320. The second kappa shape index (κ2) is 10.9. The number of piperazine rings is 1. The van der Waals surface area contributed by atoms with Crippen LogP contribution in [-0.2, 0) is 6.54 Å². The first-order valence-electron chi connectivity index (χ1n) is 11.3. The predicted molar refractivity (Wildman–Crippen MR) is 138 cm³/mol. The molecule has 3 aromatic rings. The van der Waals surface area contributed by atoms with Gasteiger partial charge in [0.15, 0.2) is 0 Å². The number of hydrogen-bond donors (Lipinski definition) is 1. The third kappa shape index (κ3) is 5.87. The molecule has 1 N–H and O–H groups in total. The van der Waals surface area contributed by atoms with Crippen LogP contribution in [0, 0.1) is 0 Å². The lowest BCUT2D eigenvalue weighted by Crippen LogP contribution is -2.48. The number of anilines is 2. The molecule has 1 aliphatic heterocycles. The Morgan fingerprint density at radius 3 is 2.50 bits per heavy atom. The van der Waals surface area contributed by atoms with Crippen molar-refractivity contribution in [1.82, 2.24) is 14.8 Å². The molecule has 3 amide bonds. The third-order valence-corrected chi connectivity index (χ3v) is 6.79. The van der Waals surface area contributed by atoms with Crippen molar-refractivity contribution in [1.29, 1.82) is 0 Å². The number of nitrogens with zero attached hydrogens (tertiary/aromatic N) is 4. The van der Waals surface area contributed by atoms with Gasteiger partial charge >= 0.3 is 6.03 Å². The summed E-state index contributed by atoms with van der Waals surface area (Å²) in [6, 6.07) is 16.9. The van der Waals surface area contributed by atoms with E-state index in [1.807, 2.05) is 73.3 Å². The average molecular weight is 498 g/mol. The van der Waals surface area contributed by atoms with Gasteiger partial charge in [-0.1, -0.05) is 35.9 Å². The highest BCUT2D eigenvalue weighted by Crippen LogP contribution is 2.22. The molecule has 1 fully saturated rings. The molecule has 0 radical (unpaired) electrons. The second-order valence-electron chi connectivity index (χ2n) is 8.40. The molecule has 0 spiro atoms. The van der Waals surface area contributed by atoms with Gasteiger partial charge in [0.05, 0.1) is 6.54 Å². The van der Waals surface area contributed by atoms with Crippen molar-refractivity contribution in [3.05, 3.63) is 75.7 Å². The van der Waals surface area contributed by atoms with Crippen LogP contribution in [0.1, 0.15) is 29.3 Å². The molecule has 1 aromatic heterocycles. The summed E-state index contributed by atoms with van der Waals surface area (Å²) in [5, 5.41) is 6.15. The monoisotopic (exact) mass is 497 g/mol. The molecule has 1 saturated heterocycles. The Kier molecular flexibility index (Phi) is 7.70. The Labute approximate surface area is 209 Å². The standard InChI is InChI=1S/C25H28ClN5O2S/c1-18(2)31(25(33)27-20-8-4-3-5-9-20)16-23-28-22(17-34-23)24(32)30-13-11-29(12-14-30)21-10-6-7-19(26)15-21/h3-10,15,17-18H,11-14,16H2,1-2H3,(H,27,33). The summed E-state index contributed by atoms with van der Waals surface area (Å²) in [6.07, 6.45) is 0. The van der Waals surface area contributed by atoms with Gasteiger partial charge in [0.2, 0.25) is 0 Å². The maximum atomic E-state index is 13.0. The lowest BCUT2D eigenvalue weighted by atomic mass is 10.2. The van der Waals surface area contributed by atoms with E-state index in [4.69, 9.17) is 11.6 Å². The van der Waals surface area contributed by atoms with Crippen LogP contribution >= 0.6 is 22.9 Å². The van der Waals surface area contributed by atoms with Crippen LogP contribution in [0.15, 0.2) is 60.0 Å². The largest absolute Gasteiger partial charge is 0.368 e. The number of thiazole rings is 1. The highest BCUT2D eigenvalue weighted by Gasteiger charge is 2.25. The normalized spacial score (nSPS) is 13.8. The molecule has 4 rings (SSSR count). The summed E-state index contributed by atoms with van der Waals surface area (Å²) >= 11 is 7.52. The van der Waals surface area contributed by atoms with Crippen molar-refractivity contribution in [2.24, 2.45) is 0 Å². The van der Waals surface area contributed by atoms with E-state index in [1.165, 1.54) is 11.3 Å². The lowest BCUT2D eigenvalue weighted by Gasteiger charge is -2.35. The number of carbonyl (C=O) groups excluding carboxylic acids is 2. The average Bonchev–Trinajstić information content (AvgIpc) is 3.31. The summed E-state index contributed by atoms with van der Waals surface area (Å²) in [5.74, 6) is -0.0712. The first-order valence-corrected chi connectivity index (χ1v) is 12.5. The summed E-state index contributed by atoms with van der Waals surface area (Å²) in [4.78, 5) is 36.2. The zero-order valence-electron chi connectivity index (χ0n) is 19.3. The van der Waals surface area contributed by atoms with Crippen LogP contribution in [0.3, 0.4) is 0 Å². The summed E-state index contributed by atoms with van der Waals surface area (Å²) in [6.45, 7) is 6.99. The minimum atomic E-state index is -0.193. The molecule has 0 bridgehead atoms. The van der Waals surface area contributed by atoms with E-state index in [0.29, 0.717) is 30.4 Å². The molecular formula is C25H28ClN5O2S. The number of para-hydroxylation sites is 1. The SMILES string of the molecule is CC(C)N(Cc1nc(C(=O)N2CCN(c3cccc(Cl)c3)CC2)cs1)C(=O)Nc1ccccc1. The van der Waals surface area contributed by atoms with Crippen LogP contribution in [0.5, 0.6) is 0 Å². The smallest absolute Gasteiger partial charge is 0.322 e. The Morgan fingerprint density at radius 1 is 1.09 bits per heavy atom. The first-order chi connectivity index (χ1) is 16.4. The van der Waals surface area contributed by atoms with Crippen molar-refractivity contribution >= 4 is 46.3 Å². The number of benzene rings is 2. The molecule has 2 aromatic carbocycles. The van der Waals surface area contributed by atoms with Crippen molar-refractivity contribution < 1.29 is 9.59 Å². The number of rotatable bonds is 6. The second-order valence-corrected chi connectivity index (χ2v) is 9.78. The highest BCUT2D eigenvalue weighted by molar-refractivity contribution is 7.09. The van der Waals surface area contributed by atoms with Gasteiger partial charge in [-0.15, -0.1) is 11.3 Å². The quantitative estimate of drug-likeness (QED) is 0.508. The molecule has 0 atom stereocenters. The van der Waals surface area contributed by atoms with Gasteiger partial charge in [-0.25, -0.2) is 9.78 Å². The third-order valence-electron chi connectivity index (χ3n) is 5.73. The fourth-order valence-corrected chi connectivity index (χ4v) is 4.79. The molecule has 0 unspecified atom stereocenters. The molecule has 9 heteroatoms. The number of nitrogens with one attached hydrogen (secondary N) is 1. The number of hydrogen-bond acceptors (Lipinski definition) is 5. The molecular weight excluding hydrogens is 470 g/mol. The van der Waals surface area contributed by atoms with Gasteiger partial charge < -0.3 is 20.0 Å². The van der Waals surface area contributed by atoms with E-state index in [2.05, 4.69) is 15.2 Å². The molecule has 34 heavy (non-hydrogen) atoms. The Bertz CT molecular complexity index is 1130. The number of urea groups is 1. The van der Waals surface area contributed by atoms with Crippen LogP contribution in [0.4, 0.5) is 16.2 Å². The number of aromatic nitrogens is 1. The maximum Gasteiger partial charge on any atom is 0.322 e. The highest BCUT2D eigenvalue weighted by atomic mass is 35.5. The van der Waals surface area contributed by atoms with E-state index >= 15 is 0 Å². The lowest BCUT2D eigenvalue weighted by molar-refractivity contribution is 0.0741. The van der Waals surface area contributed by atoms with Gasteiger partial charge in [-0.2, -0.15) is 0 Å². The van der Waals surface area contributed by atoms with Crippen LogP contribution in [0.2, 0.25) is 5.02 Å². The Hall–Kier alpha value is -3.10. The van der Waals surface area contributed by atoms with Crippen molar-refractivity contribution in [3.63, 3.8) is 0 Å². The summed E-state index contributed by atoms with van der Waals surface area (Å²) < 4.78 is 0. The number of amides is 3. The Morgan fingerprint density at radius 2 is 1.82 bits per heavy atom. The van der Waals surface area contributed by atoms with Crippen molar-refractivity contribution in [2.45, 2.75) is 26.4 Å². The zero-order valence-corrected chi connectivity index (χ0v) is 20.9. The molecule has 178 valence electrons. The van der Waals surface area contributed by atoms with E-state index in [1.54, 1.807) is 10.3 Å². The van der Waals surface area contributed by atoms with Crippen LogP contribution in [-0.4, -0.2) is 58.9 Å². The predicted octanol–water partition coefficient (Wildman–Crippen LogP) is 5.20. The minimum absolute atomic E-state index is 0.0219. The van der Waals surface area contributed by atoms with Crippen molar-refractivity contribution in [3.8, 4) is 0 Å². The Balaban J connectivity index is 1.35. The molecule has 1 aliphatic rings. The van der Waals surface area contributed by atoms with Crippen molar-refractivity contribution in [2.75, 3.05) is 36.4 Å². The summed E-state index contributed by atoms with van der Waals surface area (Å²) in [7, 11) is 0. The molecule has 2 heterocycles. The van der Waals surface area contributed by atoms with E-state index in [9.17, 15) is 9.59 Å². The molecule has 0 saturated carbocycles. The number of halogens is 1. The van der Waals surface area contributed by atoms with Crippen LogP contribution in [0.25, 0.3) is 0 Å². The molecule has 0 aliphatic carbocycles. The van der Waals surface area contributed by atoms with Gasteiger partial charge in [0.1, 0.15) is 10.7 Å². The first kappa shape index (κ1) is 24.0. The molecule has 7 nitrogen and oxygen atoms in total. The number of carbonyl (C=O) groups is 2. The maximum absolute atomic E-state index is 13.0. The summed E-state index contributed by atoms with van der Waals surface area (Å²) in [5.41, 5.74) is 2.24. The van der Waals surface area contributed by atoms with E-state index in [0.717, 1.165) is 29.5 Å². The van der Waals surface area contributed by atoms with Gasteiger partial charge in [-0.05, 0) is 44.2 Å². The topological polar surface area (TPSA) is 68.8 Å². The zero-order chi connectivity index (χ0) is 24.1. The fourth-order valence-electron chi connectivity index (χ4n) is 3.84.